The number of carbonyl (C=O) groups is 1. The van der Waals surface area contributed by atoms with Crippen molar-refractivity contribution in [3.05, 3.63) is 29.3 Å². The molecule has 0 unspecified atom stereocenters. The summed E-state index contributed by atoms with van der Waals surface area (Å²) in [5, 5.41) is 8.56. The van der Waals surface area contributed by atoms with Crippen molar-refractivity contribution in [1.29, 1.82) is 0 Å². The first-order chi connectivity index (χ1) is 8.02. The molecule has 0 aliphatic heterocycles. The standard InChI is InChI=1S/C14H21NO2/c1-11-7-6-8-13(12(11)2)15(3)10-5-4-9-14(16)17/h6-8H,4-5,9-10H2,1-3H3,(H,16,17). The first-order valence-electron chi connectivity index (χ1n) is 6.01. The third-order valence-corrected chi connectivity index (χ3v) is 3.12. The molecular formula is C14H21NO2. The van der Waals surface area contributed by atoms with E-state index in [-0.39, 0.29) is 6.42 Å². The lowest BCUT2D eigenvalue weighted by Gasteiger charge is -2.22. The van der Waals surface area contributed by atoms with Crippen LogP contribution < -0.4 is 4.90 Å². The summed E-state index contributed by atoms with van der Waals surface area (Å²) in [6.07, 6.45) is 1.92. The maximum Gasteiger partial charge on any atom is 0.303 e. The molecule has 1 aromatic rings. The van der Waals surface area contributed by atoms with Crippen LogP contribution in [0.5, 0.6) is 0 Å². The summed E-state index contributed by atoms with van der Waals surface area (Å²) in [5.41, 5.74) is 3.83. The molecule has 94 valence electrons. The van der Waals surface area contributed by atoms with E-state index in [4.69, 9.17) is 5.11 Å². The van der Waals surface area contributed by atoms with Gasteiger partial charge in [0.1, 0.15) is 0 Å². The number of nitrogens with zero attached hydrogens (tertiary/aromatic N) is 1. The number of benzene rings is 1. The van der Waals surface area contributed by atoms with Crippen molar-refractivity contribution in [1.82, 2.24) is 0 Å². The Balaban J connectivity index is 2.49. The second-order valence-electron chi connectivity index (χ2n) is 4.49. The molecule has 17 heavy (non-hydrogen) atoms. The van der Waals surface area contributed by atoms with Crippen molar-refractivity contribution in [3.8, 4) is 0 Å². The smallest absolute Gasteiger partial charge is 0.303 e. The highest BCUT2D eigenvalue weighted by atomic mass is 16.4. The molecule has 0 saturated heterocycles. The number of unbranched alkanes of at least 4 members (excludes halogenated alkanes) is 1. The van der Waals surface area contributed by atoms with Gasteiger partial charge in [0.15, 0.2) is 0 Å². The summed E-state index contributed by atoms with van der Waals surface area (Å²) in [6, 6.07) is 6.28. The van der Waals surface area contributed by atoms with Gasteiger partial charge in [-0.25, -0.2) is 0 Å². The van der Waals surface area contributed by atoms with E-state index in [2.05, 4.69) is 44.0 Å². The number of aliphatic carboxylic acids is 1. The molecular weight excluding hydrogens is 214 g/mol. The third-order valence-electron chi connectivity index (χ3n) is 3.12. The topological polar surface area (TPSA) is 40.5 Å². The average molecular weight is 235 g/mol. The Hall–Kier alpha value is -1.51. The van der Waals surface area contributed by atoms with Crippen LogP contribution >= 0.6 is 0 Å². The van der Waals surface area contributed by atoms with Crippen LogP contribution in [-0.4, -0.2) is 24.7 Å². The molecule has 0 amide bonds. The van der Waals surface area contributed by atoms with E-state index in [0.29, 0.717) is 0 Å². The van der Waals surface area contributed by atoms with Gasteiger partial charge in [-0.05, 0) is 43.9 Å². The fourth-order valence-corrected chi connectivity index (χ4v) is 1.89. The predicted molar refractivity (Wildman–Crippen MR) is 70.7 cm³/mol. The van der Waals surface area contributed by atoms with E-state index in [1.165, 1.54) is 16.8 Å². The zero-order chi connectivity index (χ0) is 12.8. The first kappa shape index (κ1) is 13.6. The number of carboxylic acid groups (broad SMARTS) is 1. The van der Waals surface area contributed by atoms with E-state index in [0.717, 1.165) is 19.4 Å². The SMILES string of the molecule is Cc1cccc(N(C)CCCCC(=O)O)c1C. The molecule has 1 rings (SSSR count). The Morgan fingerprint density at radius 1 is 1.29 bits per heavy atom. The van der Waals surface area contributed by atoms with Crippen molar-refractivity contribution in [2.75, 3.05) is 18.5 Å². The highest BCUT2D eigenvalue weighted by Gasteiger charge is 2.06. The zero-order valence-corrected chi connectivity index (χ0v) is 10.9. The fraction of sp³-hybridized carbons (Fsp3) is 0.500. The van der Waals surface area contributed by atoms with Crippen molar-refractivity contribution in [2.45, 2.75) is 33.1 Å². The van der Waals surface area contributed by atoms with Crippen LogP contribution in [-0.2, 0) is 4.79 Å². The van der Waals surface area contributed by atoms with Crippen LogP contribution in [0.1, 0.15) is 30.4 Å². The first-order valence-corrected chi connectivity index (χ1v) is 6.01. The van der Waals surface area contributed by atoms with Gasteiger partial charge in [-0.2, -0.15) is 0 Å². The number of anilines is 1. The predicted octanol–water partition coefficient (Wildman–Crippen LogP) is 2.99. The lowest BCUT2D eigenvalue weighted by molar-refractivity contribution is -0.137. The second-order valence-corrected chi connectivity index (χ2v) is 4.49. The minimum atomic E-state index is -0.709. The Labute approximate surface area is 103 Å². The van der Waals surface area contributed by atoms with E-state index < -0.39 is 5.97 Å². The number of rotatable bonds is 6. The minimum Gasteiger partial charge on any atom is -0.481 e. The molecule has 0 heterocycles. The largest absolute Gasteiger partial charge is 0.481 e. The van der Waals surface area contributed by atoms with E-state index >= 15 is 0 Å². The maximum atomic E-state index is 10.4. The number of hydrogen-bond acceptors (Lipinski definition) is 2. The molecule has 3 heteroatoms. The monoisotopic (exact) mass is 235 g/mol. The highest BCUT2D eigenvalue weighted by Crippen LogP contribution is 2.21. The summed E-state index contributed by atoms with van der Waals surface area (Å²) in [5.74, 6) is -0.709. The molecule has 1 N–H and O–H groups in total. The molecule has 0 saturated carbocycles. The molecule has 0 bridgehead atoms. The third kappa shape index (κ3) is 4.10. The molecule has 0 atom stereocenters. The van der Waals surface area contributed by atoms with Crippen molar-refractivity contribution in [3.63, 3.8) is 0 Å². The van der Waals surface area contributed by atoms with Crippen molar-refractivity contribution < 1.29 is 9.90 Å². The number of aryl methyl sites for hydroxylation is 1. The lowest BCUT2D eigenvalue weighted by atomic mass is 10.1. The van der Waals surface area contributed by atoms with Gasteiger partial charge in [-0.3, -0.25) is 4.79 Å². The van der Waals surface area contributed by atoms with Gasteiger partial charge >= 0.3 is 5.97 Å². The minimum absolute atomic E-state index is 0.265. The quantitative estimate of drug-likeness (QED) is 0.771. The Kier molecular flexibility index (Phi) is 5.01. The van der Waals surface area contributed by atoms with Crippen LogP contribution in [0.2, 0.25) is 0 Å². The highest BCUT2D eigenvalue weighted by molar-refractivity contribution is 5.66. The van der Waals surface area contributed by atoms with Gasteiger partial charge in [0.25, 0.3) is 0 Å². The molecule has 0 spiro atoms. The maximum absolute atomic E-state index is 10.4. The Bertz CT molecular complexity index is 388. The summed E-state index contributed by atoms with van der Waals surface area (Å²) in [7, 11) is 2.06. The molecule has 0 aliphatic carbocycles. The summed E-state index contributed by atoms with van der Waals surface area (Å²) < 4.78 is 0. The van der Waals surface area contributed by atoms with E-state index in [1.807, 2.05) is 0 Å². The average Bonchev–Trinajstić information content (AvgIpc) is 2.27. The van der Waals surface area contributed by atoms with Crippen molar-refractivity contribution in [2.24, 2.45) is 0 Å². The van der Waals surface area contributed by atoms with E-state index in [9.17, 15) is 4.79 Å². The molecule has 0 aliphatic rings. The van der Waals surface area contributed by atoms with Gasteiger partial charge < -0.3 is 10.0 Å². The lowest BCUT2D eigenvalue weighted by Crippen LogP contribution is -2.19. The zero-order valence-electron chi connectivity index (χ0n) is 10.9. The molecule has 0 aromatic heterocycles. The second kappa shape index (κ2) is 6.28. The van der Waals surface area contributed by atoms with Crippen LogP contribution in [0.25, 0.3) is 0 Å². The Morgan fingerprint density at radius 2 is 2.00 bits per heavy atom. The summed E-state index contributed by atoms with van der Waals surface area (Å²) in [4.78, 5) is 12.6. The van der Waals surface area contributed by atoms with Crippen LogP contribution in [0.3, 0.4) is 0 Å². The van der Waals surface area contributed by atoms with Gasteiger partial charge in [0.2, 0.25) is 0 Å². The Morgan fingerprint density at radius 3 is 2.65 bits per heavy atom. The van der Waals surface area contributed by atoms with Crippen LogP contribution in [0, 0.1) is 13.8 Å². The van der Waals surface area contributed by atoms with Crippen molar-refractivity contribution >= 4 is 11.7 Å². The fourth-order valence-electron chi connectivity index (χ4n) is 1.89. The molecule has 3 nitrogen and oxygen atoms in total. The summed E-state index contributed by atoms with van der Waals surface area (Å²) >= 11 is 0. The summed E-state index contributed by atoms with van der Waals surface area (Å²) in [6.45, 7) is 5.13. The number of carboxylic acids is 1. The van der Waals surface area contributed by atoms with Gasteiger partial charge in [-0.1, -0.05) is 12.1 Å². The van der Waals surface area contributed by atoms with Crippen LogP contribution in [0.15, 0.2) is 18.2 Å². The van der Waals surface area contributed by atoms with Gasteiger partial charge in [-0.15, -0.1) is 0 Å². The van der Waals surface area contributed by atoms with Gasteiger partial charge in [0.05, 0.1) is 0 Å². The van der Waals surface area contributed by atoms with E-state index in [1.54, 1.807) is 0 Å². The van der Waals surface area contributed by atoms with Crippen LogP contribution in [0.4, 0.5) is 5.69 Å². The number of hydrogen-bond donors (Lipinski definition) is 1. The molecule has 0 fully saturated rings. The molecule has 1 aromatic carbocycles. The molecule has 0 radical (unpaired) electrons. The normalized spacial score (nSPS) is 10.3. The van der Waals surface area contributed by atoms with Gasteiger partial charge in [0, 0.05) is 25.7 Å².